The Morgan fingerprint density at radius 1 is 1.41 bits per heavy atom. The molecule has 17 heavy (non-hydrogen) atoms. The maximum Gasteiger partial charge on any atom is 0.326 e. The summed E-state index contributed by atoms with van der Waals surface area (Å²) in [5.41, 5.74) is -0.493. The lowest BCUT2D eigenvalue weighted by molar-refractivity contribution is -0.142. The molecule has 0 radical (unpaired) electrons. The van der Waals surface area contributed by atoms with Crippen molar-refractivity contribution in [3.63, 3.8) is 0 Å². The molecule has 1 fully saturated rings. The Morgan fingerprint density at radius 3 is 2.35 bits per heavy atom. The van der Waals surface area contributed by atoms with Gasteiger partial charge >= 0.3 is 12.0 Å². The van der Waals surface area contributed by atoms with Crippen molar-refractivity contribution in [1.29, 1.82) is 0 Å². The fraction of sp³-hybridized carbons (Fsp3) is 0.833. The van der Waals surface area contributed by atoms with Crippen LogP contribution >= 0.6 is 0 Å². The fourth-order valence-electron chi connectivity index (χ4n) is 1.98. The first-order chi connectivity index (χ1) is 7.71. The van der Waals surface area contributed by atoms with Crippen molar-refractivity contribution < 1.29 is 14.7 Å². The number of nitrogens with one attached hydrogen (secondary N) is 1. The molecule has 0 aliphatic carbocycles. The number of rotatable bonds is 2. The Bertz CT molecular complexity index is 309. The van der Waals surface area contributed by atoms with Gasteiger partial charge in [-0.05, 0) is 17.8 Å². The summed E-state index contributed by atoms with van der Waals surface area (Å²) in [6, 6.07) is -1.12. The van der Waals surface area contributed by atoms with Crippen LogP contribution in [0, 0.1) is 11.3 Å². The zero-order valence-corrected chi connectivity index (χ0v) is 11.0. The molecule has 2 amide bonds. The van der Waals surface area contributed by atoms with E-state index in [1.165, 1.54) is 0 Å². The molecule has 0 aromatic rings. The number of nitrogens with zero attached hydrogens (tertiary/aromatic N) is 1. The predicted octanol–water partition coefficient (Wildman–Crippen LogP) is 1.54. The first-order valence-corrected chi connectivity index (χ1v) is 6.00. The number of hydrogen-bond donors (Lipinski definition) is 2. The molecule has 0 aromatic heterocycles. The topological polar surface area (TPSA) is 69.6 Å². The van der Waals surface area contributed by atoms with E-state index in [4.69, 9.17) is 5.11 Å². The lowest BCUT2D eigenvalue weighted by Gasteiger charge is -2.29. The van der Waals surface area contributed by atoms with Gasteiger partial charge in [-0.15, -0.1) is 0 Å². The molecule has 0 spiro atoms. The van der Waals surface area contributed by atoms with Gasteiger partial charge in [-0.2, -0.15) is 0 Å². The van der Waals surface area contributed by atoms with Crippen LogP contribution in [0.15, 0.2) is 0 Å². The third-order valence-corrected chi connectivity index (χ3v) is 3.09. The standard InChI is InChI=1S/C12H22N2O3/c1-8-5-6-14(7-8)11(17)13-9(10(15)16)12(2,3)4/h8-9H,5-7H2,1-4H3,(H,13,17)(H,15,16). The third-order valence-electron chi connectivity index (χ3n) is 3.09. The van der Waals surface area contributed by atoms with Crippen LogP contribution < -0.4 is 5.32 Å². The molecule has 1 heterocycles. The van der Waals surface area contributed by atoms with Crippen molar-refractivity contribution >= 4 is 12.0 Å². The number of aliphatic carboxylic acids is 1. The van der Waals surface area contributed by atoms with Gasteiger partial charge in [-0.1, -0.05) is 27.7 Å². The van der Waals surface area contributed by atoms with Crippen LogP contribution in [0.4, 0.5) is 4.79 Å². The molecule has 0 saturated carbocycles. The highest BCUT2D eigenvalue weighted by Crippen LogP contribution is 2.21. The van der Waals surface area contributed by atoms with Crippen LogP contribution in [0.25, 0.3) is 0 Å². The highest BCUT2D eigenvalue weighted by atomic mass is 16.4. The lowest BCUT2D eigenvalue weighted by Crippen LogP contribution is -2.52. The summed E-state index contributed by atoms with van der Waals surface area (Å²) in [6.07, 6.45) is 0.987. The molecule has 1 rings (SSSR count). The molecule has 98 valence electrons. The average Bonchev–Trinajstić information content (AvgIpc) is 2.58. The number of carboxylic acid groups (broad SMARTS) is 1. The van der Waals surface area contributed by atoms with E-state index >= 15 is 0 Å². The molecule has 1 saturated heterocycles. The zero-order chi connectivity index (χ0) is 13.2. The van der Waals surface area contributed by atoms with Crippen LogP contribution in [0.3, 0.4) is 0 Å². The minimum absolute atomic E-state index is 0.267. The minimum Gasteiger partial charge on any atom is -0.480 e. The van der Waals surface area contributed by atoms with Crippen molar-refractivity contribution in [2.45, 2.75) is 40.2 Å². The van der Waals surface area contributed by atoms with Gasteiger partial charge in [0.2, 0.25) is 0 Å². The van der Waals surface area contributed by atoms with Gasteiger partial charge < -0.3 is 15.3 Å². The molecule has 1 aliphatic rings. The van der Waals surface area contributed by atoms with E-state index in [-0.39, 0.29) is 6.03 Å². The summed E-state index contributed by atoms with van der Waals surface area (Å²) in [4.78, 5) is 24.7. The van der Waals surface area contributed by atoms with Crippen molar-refractivity contribution in [3.05, 3.63) is 0 Å². The van der Waals surface area contributed by atoms with Crippen LogP contribution in [0.1, 0.15) is 34.1 Å². The predicted molar refractivity (Wildman–Crippen MR) is 64.8 cm³/mol. The maximum atomic E-state index is 11.9. The molecule has 5 nitrogen and oxygen atoms in total. The number of carbonyl (C=O) groups is 2. The van der Waals surface area contributed by atoms with Crippen LogP contribution in [0.2, 0.25) is 0 Å². The zero-order valence-electron chi connectivity index (χ0n) is 11.0. The highest BCUT2D eigenvalue weighted by Gasteiger charge is 2.34. The van der Waals surface area contributed by atoms with Gasteiger partial charge in [0, 0.05) is 13.1 Å². The monoisotopic (exact) mass is 242 g/mol. The second-order valence-corrected chi connectivity index (χ2v) is 5.93. The number of carbonyl (C=O) groups excluding carboxylic acids is 1. The van der Waals surface area contributed by atoms with E-state index in [9.17, 15) is 9.59 Å². The largest absolute Gasteiger partial charge is 0.480 e. The van der Waals surface area contributed by atoms with E-state index < -0.39 is 17.4 Å². The number of hydrogen-bond acceptors (Lipinski definition) is 2. The highest BCUT2D eigenvalue weighted by molar-refractivity contribution is 5.83. The quantitative estimate of drug-likeness (QED) is 0.771. The van der Waals surface area contributed by atoms with Crippen LogP contribution in [0.5, 0.6) is 0 Å². The Balaban J connectivity index is 2.62. The summed E-state index contributed by atoms with van der Waals surface area (Å²) in [7, 11) is 0. The number of urea groups is 1. The summed E-state index contributed by atoms with van der Waals surface area (Å²) < 4.78 is 0. The molecule has 1 aliphatic heterocycles. The number of likely N-dealkylation sites (tertiary alicyclic amines) is 1. The van der Waals surface area contributed by atoms with Crippen molar-refractivity contribution in [2.75, 3.05) is 13.1 Å². The van der Waals surface area contributed by atoms with E-state index in [0.29, 0.717) is 19.0 Å². The Morgan fingerprint density at radius 2 is 2.00 bits per heavy atom. The first-order valence-electron chi connectivity index (χ1n) is 6.00. The second-order valence-electron chi connectivity index (χ2n) is 5.93. The number of amides is 2. The van der Waals surface area contributed by atoms with Crippen molar-refractivity contribution in [2.24, 2.45) is 11.3 Å². The molecule has 2 unspecified atom stereocenters. The second kappa shape index (κ2) is 4.94. The van der Waals surface area contributed by atoms with E-state index in [0.717, 1.165) is 6.42 Å². The van der Waals surface area contributed by atoms with E-state index in [1.54, 1.807) is 25.7 Å². The summed E-state index contributed by atoms with van der Waals surface area (Å²) in [5, 5.41) is 11.7. The molecule has 2 N–H and O–H groups in total. The van der Waals surface area contributed by atoms with Gasteiger partial charge in [-0.3, -0.25) is 0 Å². The van der Waals surface area contributed by atoms with Gasteiger partial charge in [-0.25, -0.2) is 9.59 Å². The lowest BCUT2D eigenvalue weighted by atomic mass is 9.87. The third kappa shape index (κ3) is 3.61. The van der Waals surface area contributed by atoms with Crippen molar-refractivity contribution in [1.82, 2.24) is 10.2 Å². The maximum absolute atomic E-state index is 11.9. The van der Waals surface area contributed by atoms with Gasteiger partial charge in [0.15, 0.2) is 0 Å². The molecular formula is C12H22N2O3. The molecule has 0 bridgehead atoms. The van der Waals surface area contributed by atoms with E-state index in [1.807, 2.05) is 0 Å². The summed E-state index contributed by atoms with van der Waals surface area (Å²) >= 11 is 0. The van der Waals surface area contributed by atoms with Crippen LogP contribution in [-0.2, 0) is 4.79 Å². The number of carboxylic acids is 1. The van der Waals surface area contributed by atoms with Crippen LogP contribution in [-0.4, -0.2) is 41.1 Å². The Labute approximate surface area is 102 Å². The van der Waals surface area contributed by atoms with Gasteiger partial charge in [0.1, 0.15) is 6.04 Å². The van der Waals surface area contributed by atoms with E-state index in [2.05, 4.69) is 12.2 Å². The Hall–Kier alpha value is -1.26. The normalized spacial score (nSPS) is 22.4. The van der Waals surface area contributed by atoms with Crippen molar-refractivity contribution in [3.8, 4) is 0 Å². The molecule has 0 aromatic carbocycles. The summed E-state index contributed by atoms with van der Waals surface area (Å²) in [6.45, 7) is 8.92. The smallest absolute Gasteiger partial charge is 0.326 e. The Kier molecular flexibility index (Phi) is 4.01. The minimum atomic E-state index is -0.988. The average molecular weight is 242 g/mol. The summed E-state index contributed by atoms with van der Waals surface area (Å²) in [5.74, 6) is -0.489. The molecule has 2 atom stereocenters. The van der Waals surface area contributed by atoms with Gasteiger partial charge in [0.05, 0.1) is 0 Å². The SMILES string of the molecule is CC1CCN(C(=O)NC(C(=O)O)C(C)(C)C)C1. The fourth-order valence-corrected chi connectivity index (χ4v) is 1.98. The molecule has 5 heteroatoms. The van der Waals surface area contributed by atoms with Gasteiger partial charge in [0.25, 0.3) is 0 Å². The first kappa shape index (κ1) is 13.8. The molecular weight excluding hydrogens is 220 g/mol.